The van der Waals surface area contributed by atoms with Gasteiger partial charge in [0, 0.05) is 29.6 Å². The molecule has 0 unspecified atom stereocenters. The van der Waals surface area contributed by atoms with Crippen molar-refractivity contribution in [2.45, 2.75) is 26.6 Å². The fourth-order valence-corrected chi connectivity index (χ4v) is 2.58. The predicted octanol–water partition coefficient (Wildman–Crippen LogP) is 3.29. The van der Waals surface area contributed by atoms with Gasteiger partial charge >= 0.3 is 6.18 Å². The van der Waals surface area contributed by atoms with Crippen molar-refractivity contribution in [3.63, 3.8) is 0 Å². The number of alkyl halides is 3. The van der Waals surface area contributed by atoms with Crippen molar-refractivity contribution in [1.29, 1.82) is 0 Å². The summed E-state index contributed by atoms with van der Waals surface area (Å²) in [6.07, 6.45) is -4.36. The summed E-state index contributed by atoms with van der Waals surface area (Å²) in [5.74, 6) is -0.276. The third kappa shape index (κ3) is 4.65. The van der Waals surface area contributed by atoms with Gasteiger partial charge in [-0.25, -0.2) is 0 Å². The van der Waals surface area contributed by atoms with Crippen LogP contribution in [-0.2, 0) is 6.54 Å². The van der Waals surface area contributed by atoms with Crippen LogP contribution >= 0.6 is 0 Å². The van der Waals surface area contributed by atoms with Crippen LogP contribution in [0.25, 0.3) is 0 Å². The fourth-order valence-electron chi connectivity index (χ4n) is 2.58. The lowest BCUT2D eigenvalue weighted by atomic mass is 10.1. The number of carbonyl (C=O) groups is 2. The molecule has 2 aromatic rings. The molecule has 8 heteroatoms. The van der Waals surface area contributed by atoms with Crippen molar-refractivity contribution in [3.05, 3.63) is 52.8 Å². The first-order valence-electron chi connectivity index (χ1n) is 7.84. The molecular formula is C18H19F3N2O3. The van der Waals surface area contributed by atoms with Crippen LogP contribution < -0.4 is 10.1 Å². The Bertz CT molecular complexity index is 808. The largest absolute Gasteiger partial charge is 0.485 e. The molecule has 5 nitrogen and oxygen atoms in total. The van der Waals surface area contributed by atoms with Gasteiger partial charge in [-0.15, -0.1) is 0 Å². The average molecular weight is 368 g/mol. The highest BCUT2D eigenvalue weighted by molar-refractivity contribution is 5.98. The van der Waals surface area contributed by atoms with Crippen molar-refractivity contribution in [2.75, 3.05) is 13.7 Å². The number of nitrogens with one attached hydrogen (secondary N) is 1. The highest BCUT2D eigenvalue weighted by Gasteiger charge is 2.30. The minimum Gasteiger partial charge on any atom is -0.485 e. The molecule has 0 aliphatic rings. The summed E-state index contributed by atoms with van der Waals surface area (Å²) in [5, 5.41) is 2.49. The van der Waals surface area contributed by atoms with Gasteiger partial charge in [0.1, 0.15) is 12.3 Å². The van der Waals surface area contributed by atoms with Gasteiger partial charge in [0.2, 0.25) is 5.78 Å². The van der Waals surface area contributed by atoms with Gasteiger partial charge in [-0.05, 0) is 44.2 Å². The Kier molecular flexibility index (Phi) is 5.74. The van der Waals surface area contributed by atoms with Gasteiger partial charge in [-0.2, -0.15) is 13.2 Å². The molecule has 0 radical (unpaired) electrons. The van der Waals surface area contributed by atoms with Gasteiger partial charge in [0.05, 0.1) is 0 Å². The van der Waals surface area contributed by atoms with E-state index in [9.17, 15) is 22.8 Å². The first-order chi connectivity index (χ1) is 12.1. The molecule has 1 amide bonds. The highest BCUT2D eigenvalue weighted by atomic mass is 19.4. The summed E-state index contributed by atoms with van der Waals surface area (Å²) in [6.45, 7) is 1.55. The number of aromatic nitrogens is 1. The number of halogens is 3. The first kappa shape index (κ1) is 19.6. The van der Waals surface area contributed by atoms with E-state index in [0.29, 0.717) is 17.0 Å². The minimum atomic E-state index is -4.36. The van der Waals surface area contributed by atoms with Crippen molar-refractivity contribution >= 4 is 11.7 Å². The average Bonchev–Trinajstić information content (AvgIpc) is 2.86. The molecule has 1 heterocycles. The summed E-state index contributed by atoms with van der Waals surface area (Å²) in [4.78, 5) is 23.8. The van der Waals surface area contributed by atoms with Crippen molar-refractivity contribution < 1.29 is 27.5 Å². The number of hydrogen-bond donors (Lipinski definition) is 1. The van der Waals surface area contributed by atoms with E-state index >= 15 is 0 Å². The van der Waals surface area contributed by atoms with Gasteiger partial charge in [0.25, 0.3) is 5.91 Å². The molecule has 0 fully saturated rings. The van der Waals surface area contributed by atoms with Crippen molar-refractivity contribution in [2.24, 2.45) is 0 Å². The number of aryl methyl sites for hydroxylation is 1. The number of rotatable bonds is 6. The zero-order chi connectivity index (χ0) is 19.5. The maximum absolute atomic E-state index is 12.6. The summed E-state index contributed by atoms with van der Waals surface area (Å²) < 4.78 is 44.4. The SMILES string of the molecule is CNC(=O)c1ccc(OCC(=O)c2cc(C)n(CC(F)(F)F)c2C)cc1. The van der Waals surface area contributed by atoms with E-state index in [0.717, 1.165) is 4.57 Å². The number of hydrogen-bond acceptors (Lipinski definition) is 3. The molecule has 0 aliphatic carbocycles. The van der Waals surface area contributed by atoms with E-state index in [1.54, 1.807) is 24.3 Å². The number of amides is 1. The number of Topliss-reactive ketones (excluding diaryl/α,β-unsaturated/α-hetero) is 1. The summed E-state index contributed by atoms with van der Waals surface area (Å²) in [7, 11) is 1.51. The second kappa shape index (κ2) is 7.63. The molecule has 0 spiro atoms. The zero-order valence-corrected chi connectivity index (χ0v) is 14.6. The van der Waals surface area contributed by atoms with Crippen molar-refractivity contribution in [1.82, 2.24) is 9.88 Å². The van der Waals surface area contributed by atoms with E-state index in [2.05, 4.69) is 5.32 Å². The predicted molar refractivity (Wildman–Crippen MR) is 89.6 cm³/mol. The Labute approximate surface area is 148 Å². The fraction of sp³-hybridized carbons (Fsp3) is 0.333. The molecule has 0 bridgehead atoms. The van der Waals surface area contributed by atoms with Crippen LogP contribution in [0.1, 0.15) is 32.1 Å². The summed E-state index contributed by atoms with van der Waals surface area (Å²) in [5.41, 5.74) is 1.26. The monoisotopic (exact) mass is 368 g/mol. The van der Waals surface area contributed by atoms with E-state index in [1.165, 1.54) is 27.0 Å². The van der Waals surface area contributed by atoms with Crippen LogP contribution in [0.3, 0.4) is 0 Å². The maximum Gasteiger partial charge on any atom is 0.406 e. The van der Waals surface area contributed by atoms with Gasteiger partial charge in [-0.3, -0.25) is 9.59 Å². The molecule has 0 saturated carbocycles. The van der Waals surface area contributed by atoms with Gasteiger partial charge in [-0.1, -0.05) is 0 Å². The van der Waals surface area contributed by atoms with Crippen LogP contribution in [0, 0.1) is 13.8 Å². The molecule has 0 saturated heterocycles. The summed E-state index contributed by atoms with van der Waals surface area (Å²) >= 11 is 0. The maximum atomic E-state index is 12.6. The van der Waals surface area contributed by atoms with Crippen LogP contribution in [0.4, 0.5) is 13.2 Å². The molecule has 1 N–H and O–H groups in total. The van der Waals surface area contributed by atoms with Gasteiger partial charge < -0.3 is 14.6 Å². The highest BCUT2D eigenvalue weighted by Crippen LogP contribution is 2.23. The lowest BCUT2D eigenvalue weighted by molar-refractivity contribution is -0.141. The van der Waals surface area contributed by atoms with Crippen LogP contribution in [0.15, 0.2) is 30.3 Å². The zero-order valence-electron chi connectivity index (χ0n) is 14.6. The van der Waals surface area contributed by atoms with E-state index < -0.39 is 18.5 Å². The first-order valence-corrected chi connectivity index (χ1v) is 7.84. The Morgan fingerprint density at radius 2 is 1.77 bits per heavy atom. The van der Waals surface area contributed by atoms with Crippen LogP contribution in [-0.4, -0.2) is 36.1 Å². The Morgan fingerprint density at radius 3 is 2.31 bits per heavy atom. The number of benzene rings is 1. The molecule has 140 valence electrons. The smallest absolute Gasteiger partial charge is 0.406 e. The molecule has 0 aliphatic heterocycles. The molecule has 1 aromatic heterocycles. The van der Waals surface area contributed by atoms with E-state index in [-0.39, 0.29) is 23.8 Å². The Balaban J connectivity index is 2.06. The second-order valence-corrected chi connectivity index (χ2v) is 5.80. The standard InChI is InChI=1S/C18H19F3N2O3/c1-11-8-15(12(2)23(11)10-18(19,20)21)16(24)9-26-14-6-4-13(5-7-14)17(25)22-3/h4-8H,9-10H2,1-3H3,(H,22,25). The number of ether oxygens (including phenoxy) is 1. The summed E-state index contributed by atoms with van der Waals surface area (Å²) in [6, 6.07) is 7.62. The normalized spacial score (nSPS) is 11.3. The van der Waals surface area contributed by atoms with E-state index in [4.69, 9.17) is 4.74 Å². The topological polar surface area (TPSA) is 60.3 Å². The van der Waals surface area contributed by atoms with Gasteiger partial charge in [0.15, 0.2) is 6.61 Å². The van der Waals surface area contributed by atoms with Crippen molar-refractivity contribution in [3.8, 4) is 5.75 Å². The minimum absolute atomic E-state index is 0.203. The Hall–Kier alpha value is -2.77. The quantitative estimate of drug-likeness (QED) is 0.796. The third-order valence-electron chi connectivity index (χ3n) is 3.92. The van der Waals surface area contributed by atoms with E-state index in [1.807, 2.05) is 0 Å². The number of carbonyl (C=O) groups excluding carboxylic acids is 2. The number of ketones is 1. The lowest BCUT2D eigenvalue weighted by Crippen LogP contribution is -2.20. The molecular weight excluding hydrogens is 349 g/mol. The molecule has 2 rings (SSSR count). The lowest BCUT2D eigenvalue weighted by Gasteiger charge is -2.12. The number of nitrogens with zero attached hydrogens (tertiary/aromatic N) is 1. The third-order valence-corrected chi connectivity index (χ3v) is 3.92. The second-order valence-electron chi connectivity index (χ2n) is 5.80. The molecule has 26 heavy (non-hydrogen) atoms. The van der Waals surface area contributed by atoms with Crippen LogP contribution in [0.5, 0.6) is 5.75 Å². The molecule has 1 aromatic carbocycles. The Morgan fingerprint density at radius 1 is 1.15 bits per heavy atom. The molecule has 0 atom stereocenters. The van der Waals surface area contributed by atoms with Crippen LogP contribution in [0.2, 0.25) is 0 Å².